The second-order valence-electron chi connectivity index (χ2n) is 6.30. The van der Waals surface area contributed by atoms with E-state index in [1.54, 1.807) is 7.11 Å². The third-order valence-corrected chi connectivity index (χ3v) is 5.18. The van der Waals surface area contributed by atoms with Crippen LogP contribution in [-0.4, -0.2) is 55.2 Å². The molecule has 1 aliphatic heterocycles. The molecule has 1 amide bonds. The Morgan fingerprint density at radius 3 is 2.75 bits per heavy atom. The first-order valence-electron chi connectivity index (χ1n) is 7.56. The van der Waals surface area contributed by atoms with Crippen LogP contribution in [0.4, 0.5) is 0 Å². The number of carbonyl (C=O) groups is 1. The lowest BCUT2D eigenvalue weighted by atomic mass is 9.84. The lowest BCUT2D eigenvalue weighted by Crippen LogP contribution is -2.42. The van der Waals surface area contributed by atoms with Gasteiger partial charge in [-0.15, -0.1) is 0 Å². The predicted octanol–water partition coefficient (Wildman–Crippen LogP) is 2.12. The largest absolute Gasteiger partial charge is 0.383 e. The average Bonchev–Trinajstić information content (AvgIpc) is 2.91. The molecule has 0 aromatic rings. The van der Waals surface area contributed by atoms with Crippen molar-refractivity contribution < 1.29 is 9.53 Å². The Morgan fingerprint density at radius 2 is 2.20 bits per heavy atom. The van der Waals surface area contributed by atoms with Crippen LogP contribution in [0.1, 0.15) is 39.5 Å². The van der Waals surface area contributed by atoms with Crippen molar-refractivity contribution in [3.05, 3.63) is 0 Å². The fourth-order valence-corrected chi connectivity index (χ4v) is 3.80. The van der Waals surface area contributed by atoms with Crippen molar-refractivity contribution in [3.63, 3.8) is 0 Å². The Hall–Kier alpha value is -0.260. The van der Waals surface area contributed by atoms with Gasteiger partial charge in [-0.2, -0.15) is 11.8 Å². The molecule has 0 spiro atoms. The first kappa shape index (κ1) is 17.8. The second-order valence-corrected chi connectivity index (χ2v) is 7.45. The maximum absolute atomic E-state index is 12.5. The third kappa shape index (κ3) is 6.02. The van der Waals surface area contributed by atoms with Crippen molar-refractivity contribution in [2.45, 2.75) is 45.6 Å². The highest BCUT2D eigenvalue weighted by atomic mass is 32.2. The maximum Gasteiger partial charge on any atom is 0.222 e. The van der Waals surface area contributed by atoms with E-state index < -0.39 is 0 Å². The topological polar surface area (TPSA) is 55.6 Å². The predicted molar refractivity (Wildman–Crippen MR) is 86.0 cm³/mol. The van der Waals surface area contributed by atoms with E-state index in [0.717, 1.165) is 31.6 Å². The Kier molecular flexibility index (Phi) is 7.92. The third-order valence-electron chi connectivity index (χ3n) is 4.04. The first-order chi connectivity index (χ1) is 9.50. The SMILES string of the molecule is COCCN(C(=O)CCC(C)(C)CCN)C1CCSC1. The lowest BCUT2D eigenvalue weighted by molar-refractivity contribution is -0.134. The van der Waals surface area contributed by atoms with E-state index in [4.69, 9.17) is 10.5 Å². The highest BCUT2D eigenvalue weighted by Crippen LogP contribution is 2.28. The Bertz CT molecular complexity index is 292. The van der Waals surface area contributed by atoms with E-state index >= 15 is 0 Å². The van der Waals surface area contributed by atoms with Crippen LogP contribution < -0.4 is 5.73 Å². The Balaban J connectivity index is 2.49. The van der Waals surface area contributed by atoms with Crippen molar-refractivity contribution in [1.82, 2.24) is 4.90 Å². The molecular weight excluding hydrogens is 272 g/mol. The van der Waals surface area contributed by atoms with Gasteiger partial charge in [0.1, 0.15) is 0 Å². The highest BCUT2D eigenvalue weighted by Gasteiger charge is 2.28. The molecule has 0 aliphatic carbocycles. The van der Waals surface area contributed by atoms with Gasteiger partial charge in [0.05, 0.1) is 6.61 Å². The molecule has 0 bridgehead atoms. The van der Waals surface area contributed by atoms with Crippen LogP contribution in [0.5, 0.6) is 0 Å². The van der Waals surface area contributed by atoms with Crippen molar-refractivity contribution in [3.8, 4) is 0 Å². The molecule has 20 heavy (non-hydrogen) atoms. The highest BCUT2D eigenvalue weighted by molar-refractivity contribution is 7.99. The smallest absolute Gasteiger partial charge is 0.222 e. The summed E-state index contributed by atoms with van der Waals surface area (Å²) in [5, 5.41) is 0. The minimum absolute atomic E-state index is 0.155. The number of rotatable bonds is 9. The van der Waals surface area contributed by atoms with Gasteiger partial charge in [0.2, 0.25) is 5.91 Å². The summed E-state index contributed by atoms with van der Waals surface area (Å²) in [6.07, 6.45) is 3.62. The molecule has 1 heterocycles. The van der Waals surface area contributed by atoms with Gasteiger partial charge in [0.25, 0.3) is 0 Å². The number of methoxy groups -OCH3 is 1. The summed E-state index contributed by atoms with van der Waals surface area (Å²) in [6, 6.07) is 0.403. The molecule has 5 heteroatoms. The molecular formula is C15H30N2O2S. The van der Waals surface area contributed by atoms with Crippen LogP contribution in [0.3, 0.4) is 0 Å². The van der Waals surface area contributed by atoms with Gasteiger partial charge in [-0.25, -0.2) is 0 Å². The zero-order chi connectivity index (χ0) is 15.0. The van der Waals surface area contributed by atoms with Crippen LogP contribution in [0, 0.1) is 5.41 Å². The molecule has 1 rings (SSSR count). The molecule has 1 fully saturated rings. The number of carbonyl (C=O) groups excluding carboxylic acids is 1. The van der Waals surface area contributed by atoms with Crippen molar-refractivity contribution >= 4 is 17.7 Å². The summed E-state index contributed by atoms with van der Waals surface area (Å²) in [6.45, 7) is 6.42. The molecule has 1 saturated heterocycles. The van der Waals surface area contributed by atoms with Gasteiger partial charge >= 0.3 is 0 Å². The van der Waals surface area contributed by atoms with E-state index in [9.17, 15) is 4.79 Å². The van der Waals surface area contributed by atoms with Crippen molar-refractivity contribution in [2.75, 3.05) is 38.3 Å². The first-order valence-corrected chi connectivity index (χ1v) is 8.72. The summed E-state index contributed by atoms with van der Waals surface area (Å²) in [4.78, 5) is 14.6. The normalized spacial score (nSPS) is 19.3. The number of amides is 1. The van der Waals surface area contributed by atoms with Gasteiger partial charge in [-0.05, 0) is 37.0 Å². The number of hydrogen-bond acceptors (Lipinski definition) is 4. The van der Waals surface area contributed by atoms with E-state index in [1.165, 1.54) is 5.75 Å². The minimum atomic E-state index is 0.155. The Morgan fingerprint density at radius 1 is 1.45 bits per heavy atom. The fraction of sp³-hybridized carbons (Fsp3) is 0.933. The molecule has 1 aliphatic rings. The fourth-order valence-electron chi connectivity index (χ4n) is 2.57. The minimum Gasteiger partial charge on any atom is -0.383 e. The van der Waals surface area contributed by atoms with Crippen LogP contribution >= 0.6 is 11.8 Å². The molecule has 1 unspecified atom stereocenters. The lowest BCUT2D eigenvalue weighted by Gasteiger charge is -2.30. The van der Waals surface area contributed by atoms with Crippen LogP contribution in [0.2, 0.25) is 0 Å². The van der Waals surface area contributed by atoms with Crippen molar-refractivity contribution in [2.24, 2.45) is 11.1 Å². The number of ether oxygens (including phenoxy) is 1. The monoisotopic (exact) mass is 302 g/mol. The number of nitrogens with zero attached hydrogens (tertiary/aromatic N) is 1. The summed E-state index contributed by atoms with van der Waals surface area (Å²) in [5.41, 5.74) is 5.79. The van der Waals surface area contributed by atoms with Gasteiger partial charge in [-0.1, -0.05) is 13.8 Å². The zero-order valence-corrected chi connectivity index (χ0v) is 14.0. The zero-order valence-electron chi connectivity index (χ0n) is 13.2. The van der Waals surface area contributed by atoms with Crippen LogP contribution in [-0.2, 0) is 9.53 Å². The number of thioether (sulfide) groups is 1. The van der Waals surface area contributed by atoms with Gasteiger partial charge < -0.3 is 15.4 Å². The van der Waals surface area contributed by atoms with Gasteiger partial charge in [-0.3, -0.25) is 4.79 Å². The van der Waals surface area contributed by atoms with Crippen LogP contribution in [0.25, 0.3) is 0 Å². The average molecular weight is 302 g/mol. The van der Waals surface area contributed by atoms with E-state index in [2.05, 4.69) is 13.8 Å². The van der Waals surface area contributed by atoms with E-state index in [1.807, 2.05) is 16.7 Å². The number of hydrogen-bond donors (Lipinski definition) is 1. The number of nitrogens with two attached hydrogens (primary N) is 1. The molecule has 118 valence electrons. The molecule has 0 aromatic heterocycles. The second kappa shape index (κ2) is 8.90. The summed E-state index contributed by atoms with van der Waals surface area (Å²) >= 11 is 1.94. The molecule has 2 N–H and O–H groups in total. The molecule has 0 radical (unpaired) electrons. The standard InChI is InChI=1S/C15H30N2O2S/c1-15(2,7-8-16)6-4-14(18)17(9-10-19-3)13-5-11-20-12-13/h13H,4-12,16H2,1-3H3. The van der Waals surface area contributed by atoms with Gasteiger partial charge in [0.15, 0.2) is 0 Å². The van der Waals surface area contributed by atoms with Crippen molar-refractivity contribution in [1.29, 1.82) is 0 Å². The Labute approximate surface area is 127 Å². The molecule has 1 atom stereocenters. The quantitative estimate of drug-likeness (QED) is 0.709. The maximum atomic E-state index is 12.5. The molecule has 0 saturated carbocycles. The van der Waals surface area contributed by atoms with E-state index in [-0.39, 0.29) is 11.3 Å². The van der Waals surface area contributed by atoms with E-state index in [0.29, 0.717) is 25.6 Å². The summed E-state index contributed by atoms with van der Waals surface area (Å²) < 4.78 is 5.15. The van der Waals surface area contributed by atoms with Crippen LogP contribution in [0.15, 0.2) is 0 Å². The summed E-state index contributed by atoms with van der Waals surface area (Å²) in [5.74, 6) is 2.52. The summed E-state index contributed by atoms with van der Waals surface area (Å²) in [7, 11) is 1.69. The van der Waals surface area contributed by atoms with Gasteiger partial charge in [0, 0.05) is 31.9 Å². The molecule has 0 aromatic carbocycles. The molecule has 4 nitrogen and oxygen atoms in total.